The minimum atomic E-state index is -0.220. The highest BCUT2D eigenvalue weighted by molar-refractivity contribution is 6.45. The smallest absolute Gasteiger partial charge is 0.168 e. The van der Waals surface area contributed by atoms with E-state index in [1.165, 1.54) is 0 Å². The van der Waals surface area contributed by atoms with Gasteiger partial charge in [0, 0.05) is 17.4 Å². The summed E-state index contributed by atoms with van der Waals surface area (Å²) in [5.74, 6) is -0.430. The zero-order chi connectivity index (χ0) is 14.4. The van der Waals surface area contributed by atoms with Crippen LogP contribution >= 0.6 is 23.2 Å². The maximum Gasteiger partial charge on any atom is 0.168 e. The van der Waals surface area contributed by atoms with Crippen LogP contribution in [0, 0.1) is 5.92 Å². The summed E-state index contributed by atoms with van der Waals surface area (Å²) in [5, 5.41) is 10.1. The van der Waals surface area contributed by atoms with Crippen LogP contribution in [0.4, 0.5) is 0 Å². The summed E-state index contributed by atoms with van der Waals surface area (Å²) in [6.45, 7) is 1.88. The topological polar surface area (TPSA) is 37.3 Å². The molecule has 3 rings (SSSR count). The van der Waals surface area contributed by atoms with Gasteiger partial charge in [-0.15, -0.1) is 0 Å². The van der Waals surface area contributed by atoms with Crippen molar-refractivity contribution >= 4 is 29.0 Å². The highest BCUT2D eigenvalue weighted by atomic mass is 35.5. The first-order chi connectivity index (χ1) is 9.52. The van der Waals surface area contributed by atoms with Gasteiger partial charge < -0.3 is 5.11 Å². The molecule has 0 aromatic heterocycles. The number of ketones is 1. The molecule has 0 spiro atoms. The average Bonchev–Trinajstić information content (AvgIpc) is 2.69. The number of phenolic OH excluding ortho intramolecular Hbond substituents is 1. The van der Waals surface area contributed by atoms with Gasteiger partial charge in [-0.05, 0) is 17.2 Å². The lowest BCUT2D eigenvalue weighted by molar-refractivity contribution is 0.0939. The van der Waals surface area contributed by atoms with Crippen LogP contribution in [0.3, 0.4) is 0 Å². The van der Waals surface area contributed by atoms with E-state index in [-0.39, 0.29) is 33.4 Å². The molecule has 0 bridgehead atoms. The molecule has 1 aliphatic rings. The van der Waals surface area contributed by atoms with Crippen molar-refractivity contribution in [2.75, 3.05) is 0 Å². The van der Waals surface area contributed by atoms with Crippen LogP contribution in [0.5, 0.6) is 5.75 Å². The fourth-order valence-corrected chi connectivity index (χ4v) is 3.35. The van der Waals surface area contributed by atoms with E-state index in [1.54, 1.807) is 6.07 Å². The Hall–Kier alpha value is -1.51. The molecular weight excluding hydrogens is 295 g/mol. The Morgan fingerprint density at radius 1 is 1.10 bits per heavy atom. The third-order valence-corrected chi connectivity index (χ3v) is 4.73. The standard InChI is InChI=1S/C16H12Cl2O2/c1-8-12(9-5-3-2-4-6-9)10-7-11(19)14(17)15(18)13(10)16(8)20/h2-8,12,19H,1H3/t8-,12-/m0/s1. The van der Waals surface area contributed by atoms with Gasteiger partial charge in [-0.3, -0.25) is 4.79 Å². The third kappa shape index (κ3) is 1.83. The van der Waals surface area contributed by atoms with E-state index in [4.69, 9.17) is 23.2 Å². The molecule has 1 aliphatic carbocycles. The molecule has 2 atom stereocenters. The minimum Gasteiger partial charge on any atom is -0.506 e. The fraction of sp³-hybridized carbons (Fsp3) is 0.188. The Kier molecular flexibility index (Phi) is 3.23. The largest absolute Gasteiger partial charge is 0.506 e. The van der Waals surface area contributed by atoms with Crippen LogP contribution in [-0.2, 0) is 0 Å². The number of halogens is 2. The number of phenols is 1. The second-order valence-corrected chi connectivity index (χ2v) is 5.79. The van der Waals surface area contributed by atoms with Crippen molar-refractivity contribution in [2.24, 2.45) is 5.92 Å². The molecule has 2 aromatic rings. The first kappa shape index (κ1) is 13.5. The first-order valence-corrected chi connectivity index (χ1v) is 7.08. The van der Waals surface area contributed by atoms with Crippen LogP contribution in [0.1, 0.15) is 34.3 Å². The maximum absolute atomic E-state index is 12.4. The molecule has 102 valence electrons. The summed E-state index contributed by atoms with van der Waals surface area (Å²) in [4.78, 5) is 12.4. The van der Waals surface area contributed by atoms with E-state index in [1.807, 2.05) is 37.3 Å². The third-order valence-electron chi connectivity index (χ3n) is 3.87. The number of benzene rings is 2. The number of Topliss-reactive ketones (excluding diaryl/α,β-unsaturated/α-hetero) is 1. The average molecular weight is 307 g/mol. The van der Waals surface area contributed by atoms with E-state index in [0.29, 0.717) is 5.56 Å². The molecule has 0 amide bonds. The molecule has 4 heteroatoms. The van der Waals surface area contributed by atoms with Crippen molar-refractivity contribution < 1.29 is 9.90 Å². The van der Waals surface area contributed by atoms with E-state index >= 15 is 0 Å². The molecule has 0 unspecified atom stereocenters. The van der Waals surface area contributed by atoms with Gasteiger partial charge in [0.15, 0.2) is 5.78 Å². The predicted octanol–water partition coefficient (Wildman–Crippen LogP) is 4.66. The van der Waals surface area contributed by atoms with E-state index in [9.17, 15) is 9.90 Å². The highest BCUT2D eigenvalue weighted by Gasteiger charge is 2.40. The number of carbonyl (C=O) groups excluding carboxylic acids is 1. The number of hydrogen-bond acceptors (Lipinski definition) is 2. The van der Waals surface area contributed by atoms with Crippen LogP contribution in [-0.4, -0.2) is 10.9 Å². The van der Waals surface area contributed by atoms with Crippen LogP contribution in [0.2, 0.25) is 10.0 Å². The second kappa shape index (κ2) is 4.80. The number of fused-ring (bicyclic) bond motifs is 1. The van der Waals surface area contributed by atoms with Gasteiger partial charge in [-0.25, -0.2) is 0 Å². The van der Waals surface area contributed by atoms with E-state index in [2.05, 4.69) is 0 Å². The molecule has 0 saturated heterocycles. The van der Waals surface area contributed by atoms with Gasteiger partial charge in [0.1, 0.15) is 10.8 Å². The van der Waals surface area contributed by atoms with Crippen molar-refractivity contribution in [1.29, 1.82) is 0 Å². The van der Waals surface area contributed by atoms with Crippen LogP contribution in [0.15, 0.2) is 36.4 Å². The monoisotopic (exact) mass is 306 g/mol. The molecule has 0 heterocycles. The lowest BCUT2D eigenvalue weighted by Gasteiger charge is -2.16. The lowest BCUT2D eigenvalue weighted by atomic mass is 9.87. The quantitative estimate of drug-likeness (QED) is 0.831. The van der Waals surface area contributed by atoms with Gasteiger partial charge >= 0.3 is 0 Å². The summed E-state index contributed by atoms with van der Waals surface area (Å²) < 4.78 is 0. The van der Waals surface area contributed by atoms with Crippen LogP contribution in [0.25, 0.3) is 0 Å². The number of carbonyl (C=O) groups is 1. The SMILES string of the molecule is C[C@@H]1C(=O)c2c(cc(O)c(Cl)c2Cl)[C@@H]1c1ccccc1. The summed E-state index contributed by atoms with van der Waals surface area (Å²) in [5.41, 5.74) is 2.22. The molecule has 2 aromatic carbocycles. The molecule has 0 radical (unpaired) electrons. The molecule has 20 heavy (non-hydrogen) atoms. The first-order valence-electron chi connectivity index (χ1n) is 6.32. The predicted molar refractivity (Wildman–Crippen MR) is 79.9 cm³/mol. The molecule has 0 saturated carbocycles. The van der Waals surface area contributed by atoms with Gasteiger partial charge in [-0.2, -0.15) is 0 Å². The fourth-order valence-electron chi connectivity index (χ4n) is 2.90. The zero-order valence-corrected chi connectivity index (χ0v) is 12.2. The molecule has 0 aliphatic heterocycles. The summed E-state index contributed by atoms with van der Waals surface area (Å²) in [6.07, 6.45) is 0. The lowest BCUT2D eigenvalue weighted by Crippen LogP contribution is -2.10. The van der Waals surface area contributed by atoms with Crippen molar-refractivity contribution in [3.63, 3.8) is 0 Å². The van der Waals surface area contributed by atoms with Crippen molar-refractivity contribution in [3.8, 4) is 5.75 Å². The van der Waals surface area contributed by atoms with Crippen molar-refractivity contribution in [3.05, 3.63) is 63.1 Å². The van der Waals surface area contributed by atoms with Crippen LogP contribution < -0.4 is 0 Å². The number of aromatic hydroxyl groups is 1. The van der Waals surface area contributed by atoms with Crippen molar-refractivity contribution in [1.82, 2.24) is 0 Å². The summed E-state index contributed by atoms with van der Waals surface area (Å²) in [6, 6.07) is 11.3. The summed E-state index contributed by atoms with van der Waals surface area (Å²) in [7, 11) is 0. The Labute approximate surface area is 127 Å². The molecule has 1 N–H and O–H groups in total. The normalized spacial score (nSPS) is 21.1. The van der Waals surface area contributed by atoms with E-state index in [0.717, 1.165) is 11.1 Å². The Balaban J connectivity index is 2.26. The zero-order valence-electron chi connectivity index (χ0n) is 10.7. The van der Waals surface area contributed by atoms with Crippen molar-refractivity contribution in [2.45, 2.75) is 12.8 Å². The second-order valence-electron chi connectivity index (χ2n) is 5.03. The molecule has 0 fully saturated rings. The van der Waals surface area contributed by atoms with Gasteiger partial charge in [-0.1, -0.05) is 60.5 Å². The summed E-state index contributed by atoms with van der Waals surface area (Å²) >= 11 is 12.1. The molecule has 2 nitrogen and oxygen atoms in total. The van der Waals surface area contributed by atoms with E-state index < -0.39 is 0 Å². The minimum absolute atomic E-state index is 0.0271. The van der Waals surface area contributed by atoms with Gasteiger partial charge in [0.05, 0.1) is 5.02 Å². The maximum atomic E-state index is 12.4. The highest BCUT2D eigenvalue weighted by Crippen LogP contribution is 2.49. The number of hydrogen-bond donors (Lipinski definition) is 1. The Bertz CT molecular complexity index is 695. The Morgan fingerprint density at radius 2 is 1.75 bits per heavy atom. The Morgan fingerprint density at radius 3 is 2.40 bits per heavy atom. The number of rotatable bonds is 1. The van der Waals surface area contributed by atoms with Gasteiger partial charge in [0.25, 0.3) is 0 Å². The van der Waals surface area contributed by atoms with Gasteiger partial charge in [0.2, 0.25) is 0 Å². The molecular formula is C16H12Cl2O2.